The molecule has 25 heavy (non-hydrogen) atoms. The standard InChI is InChI=1S/C19H30ClN3O2/c1-19(2,25)14-22(3)18(24)21-12-15-8-10-23(11-9-15)13-16-6-4-5-7-17(16)20/h4-7,15,25H,8-14H2,1-3H3,(H,21,24). The second-order valence-electron chi connectivity index (χ2n) is 7.67. The van der Waals surface area contributed by atoms with Gasteiger partial charge < -0.3 is 15.3 Å². The summed E-state index contributed by atoms with van der Waals surface area (Å²) in [6, 6.07) is 7.86. The minimum Gasteiger partial charge on any atom is -0.389 e. The van der Waals surface area contributed by atoms with E-state index < -0.39 is 5.60 Å². The van der Waals surface area contributed by atoms with E-state index in [0.29, 0.717) is 19.0 Å². The monoisotopic (exact) mass is 367 g/mol. The fourth-order valence-electron chi connectivity index (χ4n) is 3.24. The first-order chi connectivity index (χ1) is 11.7. The summed E-state index contributed by atoms with van der Waals surface area (Å²) in [4.78, 5) is 16.0. The Morgan fingerprint density at radius 1 is 1.36 bits per heavy atom. The lowest BCUT2D eigenvalue weighted by molar-refractivity contribution is 0.0529. The third kappa shape index (κ3) is 6.84. The fourth-order valence-corrected chi connectivity index (χ4v) is 3.43. The molecule has 0 aromatic heterocycles. The molecule has 0 spiro atoms. The molecule has 5 nitrogen and oxygen atoms in total. The Balaban J connectivity index is 1.70. The summed E-state index contributed by atoms with van der Waals surface area (Å²) < 4.78 is 0. The van der Waals surface area contributed by atoms with Crippen LogP contribution in [0.15, 0.2) is 24.3 Å². The van der Waals surface area contributed by atoms with E-state index in [-0.39, 0.29) is 6.03 Å². The van der Waals surface area contributed by atoms with Crippen LogP contribution < -0.4 is 5.32 Å². The first-order valence-corrected chi connectivity index (χ1v) is 9.29. The Morgan fingerprint density at radius 3 is 2.60 bits per heavy atom. The van der Waals surface area contributed by atoms with E-state index >= 15 is 0 Å². The number of halogens is 1. The van der Waals surface area contributed by atoms with E-state index in [4.69, 9.17) is 11.6 Å². The highest BCUT2D eigenvalue weighted by molar-refractivity contribution is 6.31. The van der Waals surface area contributed by atoms with Gasteiger partial charge in [0.2, 0.25) is 0 Å². The van der Waals surface area contributed by atoms with Crippen LogP contribution in [0.1, 0.15) is 32.3 Å². The van der Waals surface area contributed by atoms with Gasteiger partial charge >= 0.3 is 6.03 Å². The van der Waals surface area contributed by atoms with Gasteiger partial charge in [0, 0.05) is 25.2 Å². The minimum atomic E-state index is -0.879. The number of amides is 2. The van der Waals surface area contributed by atoms with Gasteiger partial charge in [0.15, 0.2) is 0 Å². The third-order valence-electron chi connectivity index (χ3n) is 4.57. The Labute approximate surface area is 155 Å². The van der Waals surface area contributed by atoms with Crippen molar-refractivity contribution in [3.05, 3.63) is 34.9 Å². The molecular weight excluding hydrogens is 338 g/mol. The number of carbonyl (C=O) groups excluding carboxylic acids is 1. The summed E-state index contributed by atoms with van der Waals surface area (Å²) in [5, 5.41) is 13.6. The van der Waals surface area contributed by atoms with Crippen molar-refractivity contribution in [2.75, 3.05) is 33.2 Å². The molecule has 0 radical (unpaired) electrons. The van der Waals surface area contributed by atoms with E-state index in [2.05, 4.69) is 16.3 Å². The number of likely N-dealkylation sites (N-methyl/N-ethyl adjacent to an activating group) is 1. The van der Waals surface area contributed by atoms with Gasteiger partial charge in [-0.3, -0.25) is 4.90 Å². The molecule has 1 heterocycles. The molecule has 0 atom stereocenters. The van der Waals surface area contributed by atoms with Crippen molar-refractivity contribution in [1.82, 2.24) is 15.1 Å². The van der Waals surface area contributed by atoms with Crippen molar-refractivity contribution in [2.24, 2.45) is 5.92 Å². The Bertz CT molecular complexity index is 566. The Kier molecular flexibility index (Phi) is 7.11. The number of aliphatic hydroxyl groups is 1. The van der Waals surface area contributed by atoms with E-state index in [0.717, 1.165) is 37.5 Å². The number of nitrogens with one attached hydrogen (secondary N) is 1. The summed E-state index contributed by atoms with van der Waals surface area (Å²) in [7, 11) is 1.71. The lowest BCUT2D eigenvalue weighted by atomic mass is 9.96. The molecule has 0 saturated carbocycles. The second-order valence-corrected chi connectivity index (χ2v) is 8.07. The van der Waals surface area contributed by atoms with Crippen LogP contribution in [0, 0.1) is 5.92 Å². The number of hydrogen-bond acceptors (Lipinski definition) is 3. The molecule has 1 aromatic rings. The quantitative estimate of drug-likeness (QED) is 0.812. The number of likely N-dealkylation sites (tertiary alicyclic amines) is 1. The number of piperidine rings is 1. The highest BCUT2D eigenvalue weighted by atomic mass is 35.5. The van der Waals surface area contributed by atoms with Crippen LogP contribution in [-0.4, -0.2) is 59.8 Å². The lowest BCUT2D eigenvalue weighted by Crippen LogP contribution is -2.46. The van der Waals surface area contributed by atoms with Crippen molar-refractivity contribution in [1.29, 1.82) is 0 Å². The predicted molar refractivity (Wildman–Crippen MR) is 102 cm³/mol. The molecular formula is C19H30ClN3O2. The molecule has 2 rings (SSSR count). The van der Waals surface area contributed by atoms with Crippen LogP contribution in [0.4, 0.5) is 4.79 Å². The van der Waals surface area contributed by atoms with Crippen LogP contribution >= 0.6 is 11.6 Å². The van der Waals surface area contributed by atoms with E-state index in [1.165, 1.54) is 10.5 Å². The molecule has 0 aliphatic carbocycles. The predicted octanol–water partition coefficient (Wildman–Crippen LogP) is 2.96. The fraction of sp³-hybridized carbons (Fsp3) is 0.632. The van der Waals surface area contributed by atoms with Gasteiger partial charge in [-0.25, -0.2) is 4.79 Å². The van der Waals surface area contributed by atoms with Gasteiger partial charge in [-0.05, 0) is 57.3 Å². The van der Waals surface area contributed by atoms with Crippen LogP contribution in [-0.2, 0) is 6.54 Å². The van der Waals surface area contributed by atoms with Crippen molar-refractivity contribution in [2.45, 2.75) is 38.8 Å². The summed E-state index contributed by atoms with van der Waals surface area (Å²) in [6.07, 6.45) is 2.14. The maximum Gasteiger partial charge on any atom is 0.317 e. The minimum absolute atomic E-state index is 0.124. The largest absolute Gasteiger partial charge is 0.389 e. The summed E-state index contributed by atoms with van der Waals surface area (Å²) in [5.74, 6) is 0.502. The zero-order valence-corrected chi connectivity index (χ0v) is 16.2. The van der Waals surface area contributed by atoms with Gasteiger partial charge in [-0.1, -0.05) is 29.8 Å². The molecule has 140 valence electrons. The van der Waals surface area contributed by atoms with E-state index in [9.17, 15) is 9.90 Å². The molecule has 1 aliphatic rings. The maximum absolute atomic E-state index is 12.1. The van der Waals surface area contributed by atoms with Crippen molar-refractivity contribution in [3.63, 3.8) is 0 Å². The normalized spacial score (nSPS) is 16.7. The van der Waals surface area contributed by atoms with Crippen LogP contribution in [0.3, 0.4) is 0 Å². The average molecular weight is 368 g/mol. The van der Waals surface area contributed by atoms with Gasteiger partial charge in [0.05, 0.1) is 12.1 Å². The summed E-state index contributed by atoms with van der Waals surface area (Å²) in [6.45, 7) is 7.32. The third-order valence-corrected chi connectivity index (χ3v) is 4.94. The molecule has 1 aliphatic heterocycles. The topological polar surface area (TPSA) is 55.8 Å². The van der Waals surface area contributed by atoms with Crippen molar-refractivity contribution >= 4 is 17.6 Å². The number of carbonyl (C=O) groups is 1. The number of urea groups is 1. The molecule has 2 amide bonds. The zero-order chi connectivity index (χ0) is 18.4. The van der Waals surface area contributed by atoms with Gasteiger partial charge in [-0.15, -0.1) is 0 Å². The van der Waals surface area contributed by atoms with Gasteiger partial charge in [0.1, 0.15) is 0 Å². The first-order valence-electron chi connectivity index (χ1n) is 8.92. The number of benzene rings is 1. The van der Waals surface area contributed by atoms with Crippen LogP contribution in [0.25, 0.3) is 0 Å². The Hall–Kier alpha value is -1.30. The van der Waals surface area contributed by atoms with Crippen LogP contribution in [0.2, 0.25) is 5.02 Å². The summed E-state index contributed by atoms with van der Waals surface area (Å²) >= 11 is 6.24. The van der Waals surface area contributed by atoms with Crippen molar-refractivity contribution < 1.29 is 9.90 Å². The smallest absolute Gasteiger partial charge is 0.317 e. The second kappa shape index (κ2) is 8.88. The molecule has 1 saturated heterocycles. The first kappa shape index (κ1) is 20.0. The highest BCUT2D eigenvalue weighted by Gasteiger charge is 2.22. The van der Waals surface area contributed by atoms with Gasteiger partial charge in [-0.2, -0.15) is 0 Å². The van der Waals surface area contributed by atoms with Gasteiger partial charge in [0.25, 0.3) is 0 Å². The number of rotatable bonds is 6. The highest BCUT2D eigenvalue weighted by Crippen LogP contribution is 2.22. The molecule has 2 N–H and O–H groups in total. The number of nitrogens with zero attached hydrogens (tertiary/aromatic N) is 2. The lowest BCUT2D eigenvalue weighted by Gasteiger charge is -2.33. The zero-order valence-electron chi connectivity index (χ0n) is 15.5. The van der Waals surface area contributed by atoms with E-state index in [1.807, 2.05) is 18.2 Å². The van der Waals surface area contributed by atoms with Crippen molar-refractivity contribution in [3.8, 4) is 0 Å². The molecule has 0 unspecified atom stereocenters. The molecule has 1 aromatic carbocycles. The summed E-state index contributed by atoms with van der Waals surface area (Å²) in [5.41, 5.74) is 0.292. The Morgan fingerprint density at radius 2 is 2.00 bits per heavy atom. The maximum atomic E-state index is 12.1. The number of hydrogen-bond donors (Lipinski definition) is 2. The van der Waals surface area contributed by atoms with E-state index in [1.54, 1.807) is 20.9 Å². The average Bonchev–Trinajstić information content (AvgIpc) is 2.54. The molecule has 0 bridgehead atoms. The molecule has 6 heteroatoms. The van der Waals surface area contributed by atoms with Crippen LogP contribution in [0.5, 0.6) is 0 Å². The SMILES string of the molecule is CN(CC(C)(C)O)C(=O)NCC1CCN(Cc2ccccc2Cl)CC1. The molecule has 1 fully saturated rings.